The van der Waals surface area contributed by atoms with Gasteiger partial charge in [0.2, 0.25) is 5.91 Å². The molecule has 1 aromatic carbocycles. The molecule has 0 bridgehead atoms. The van der Waals surface area contributed by atoms with Gasteiger partial charge in [0.1, 0.15) is 5.84 Å². The number of nitrogens with one attached hydrogen (secondary N) is 1. The SMILES string of the molecule is O=C1C=CC2=CN=C(c3ccc(-c4ccncc4)cc3)N3CCC(=C23)N1. The Kier molecular flexibility index (Phi) is 3.31. The third kappa shape index (κ3) is 2.37. The first kappa shape index (κ1) is 14.8. The summed E-state index contributed by atoms with van der Waals surface area (Å²) in [5, 5.41) is 2.98. The van der Waals surface area contributed by atoms with E-state index in [0.29, 0.717) is 0 Å². The average Bonchev–Trinajstić information content (AvgIpc) is 3.03. The van der Waals surface area contributed by atoms with Gasteiger partial charge in [-0.05, 0) is 29.3 Å². The van der Waals surface area contributed by atoms with Gasteiger partial charge < -0.3 is 10.2 Å². The maximum absolute atomic E-state index is 11.8. The Labute approximate surface area is 151 Å². The summed E-state index contributed by atoms with van der Waals surface area (Å²) < 4.78 is 0. The van der Waals surface area contributed by atoms with Crippen molar-refractivity contribution in [1.82, 2.24) is 15.2 Å². The van der Waals surface area contributed by atoms with E-state index in [4.69, 9.17) is 0 Å². The minimum Gasteiger partial charge on any atom is -0.324 e. The molecule has 5 nitrogen and oxygen atoms in total. The van der Waals surface area contributed by atoms with Gasteiger partial charge in [0.25, 0.3) is 0 Å². The topological polar surface area (TPSA) is 57.6 Å². The zero-order valence-electron chi connectivity index (χ0n) is 14.0. The molecule has 3 aliphatic heterocycles. The molecule has 5 rings (SSSR count). The predicted octanol–water partition coefficient (Wildman–Crippen LogP) is 3.00. The van der Waals surface area contributed by atoms with Gasteiger partial charge in [0.15, 0.2) is 0 Å². The second-order valence-corrected chi connectivity index (χ2v) is 6.40. The van der Waals surface area contributed by atoms with Crippen LogP contribution < -0.4 is 5.32 Å². The summed E-state index contributed by atoms with van der Waals surface area (Å²) in [5.41, 5.74) is 6.37. The summed E-state index contributed by atoms with van der Waals surface area (Å²) in [6.45, 7) is 0.821. The maximum atomic E-state index is 11.8. The number of pyridine rings is 1. The first-order valence-electron chi connectivity index (χ1n) is 8.58. The number of benzene rings is 1. The van der Waals surface area contributed by atoms with Crippen LogP contribution in [0.1, 0.15) is 12.0 Å². The third-order valence-corrected chi connectivity index (χ3v) is 4.84. The molecule has 1 N–H and O–H groups in total. The monoisotopic (exact) mass is 340 g/mol. The second-order valence-electron chi connectivity index (χ2n) is 6.40. The fourth-order valence-corrected chi connectivity index (χ4v) is 3.61. The van der Waals surface area contributed by atoms with E-state index in [9.17, 15) is 4.79 Å². The number of hydrogen-bond acceptors (Lipinski definition) is 4. The van der Waals surface area contributed by atoms with Crippen molar-refractivity contribution in [2.45, 2.75) is 6.42 Å². The van der Waals surface area contributed by atoms with Crippen molar-refractivity contribution >= 4 is 11.7 Å². The summed E-state index contributed by atoms with van der Waals surface area (Å²) in [5.74, 6) is 0.845. The quantitative estimate of drug-likeness (QED) is 0.914. The van der Waals surface area contributed by atoms with Crippen molar-refractivity contribution in [3.63, 3.8) is 0 Å². The summed E-state index contributed by atoms with van der Waals surface area (Å²) in [7, 11) is 0. The van der Waals surface area contributed by atoms with E-state index in [2.05, 4.69) is 44.5 Å². The molecule has 3 aliphatic rings. The van der Waals surface area contributed by atoms with Crippen molar-refractivity contribution in [2.24, 2.45) is 4.99 Å². The highest BCUT2D eigenvalue weighted by Gasteiger charge is 2.32. The van der Waals surface area contributed by atoms with E-state index in [0.717, 1.165) is 52.5 Å². The summed E-state index contributed by atoms with van der Waals surface area (Å²) in [4.78, 5) is 22.8. The van der Waals surface area contributed by atoms with Crippen LogP contribution >= 0.6 is 0 Å². The lowest BCUT2D eigenvalue weighted by atomic mass is 10.0. The van der Waals surface area contributed by atoms with Gasteiger partial charge in [0.05, 0.1) is 5.70 Å². The van der Waals surface area contributed by atoms with E-state index in [-0.39, 0.29) is 5.91 Å². The molecule has 126 valence electrons. The Morgan fingerprint density at radius 2 is 1.65 bits per heavy atom. The molecule has 1 amide bonds. The maximum Gasteiger partial charge on any atom is 0.248 e. The number of hydrogen-bond donors (Lipinski definition) is 1. The number of allylic oxidation sites excluding steroid dienone is 1. The number of amidine groups is 1. The molecule has 0 unspecified atom stereocenters. The molecular weight excluding hydrogens is 324 g/mol. The third-order valence-electron chi connectivity index (χ3n) is 4.84. The number of carbonyl (C=O) groups excluding carboxylic acids is 1. The molecule has 0 spiro atoms. The number of aliphatic imine (C=N–C) groups is 1. The smallest absolute Gasteiger partial charge is 0.248 e. The standard InChI is InChI=1S/C21H16N4O/c26-19-6-5-17-13-23-21(25-12-9-18(24-19)20(17)25)16-3-1-14(2-4-16)15-7-10-22-11-8-15/h1-8,10-11,13H,9,12H2,(H,24,26). The molecule has 0 saturated carbocycles. The van der Waals surface area contributed by atoms with E-state index in [1.807, 2.05) is 24.4 Å². The fourth-order valence-electron chi connectivity index (χ4n) is 3.61. The fraction of sp³-hybridized carbons (Fsp3) is 0.0952. The van der Waals surface area contributed by atoms with Crippen LogP contribution in [0.3, 0.4) is 0 Å². The first-order valence-corrected chi connectivity index (χ1v) is 8.58. The summed E-state index contributed by atoms with van der Waals surface area (Å²) in [6.07, 6.45) is 9.66. The van der Waals surface area contributed by atoms with E-state index in [1.54, 1.807) is 18.5 Å². The number of rotatable bonds is 2. The summed E-state index contributed by atoms with van der Waals surface area (Å²) >= 11 is 0. The van der Waals surface area contributed by atoms with Crippen LogP contribution in [0.4, 0.5) is 0 Å². The Morgan fingerprint density at radius 1 is 0.923 bits per heavy atom. The molecule has 0 atom stereocenters. The zero-order valence-corrected chi connectivity index (χ0v) is 14.0. The molecule has 5 heteroatoms. The van der Waals surface area contributed by atoms with Gasteiger partial charge in [-0.3, -0.25) is 9.78 Å². The van der Waals surface area contributed by atoms with Crippen LogP contribution in [0.25, 0.3) is 11.1 Å². The Morgan fingerprint density at radius 3 is 2.46 bits per heavy atom. The molecule has 1 aromatic heterocycles. The second kappa shape index (κ2) is 5.81. The Hall–Kier alpha value is -3.47. The highest BCUT2D eigenvalue weighted by Crippen LogP contribution is 2.34. The lowest BCUT2D eigenvalue weighted by molar-refractivity contribution is -0.115. The number of aromatic nitrogens is 1. The van der Waals surface area contributed by atoms with E-state index < -0.39 is 0 Å². The lowest BCUT2D eigenvalue weighted by Gasteiger charge is -2.27. The molecule has 0 radical (unpaired) electrons. The molecule has 0 fully saturated rings. The summed E-state index contributed by atoms with van der Waals surface area (Å²) in [6, 6.07) is 12.4. The van der Waals surface area contributed by atoms with Gasteiger partial charge in [-0.15, -0.1) is 0 Å². The normalized spacial score (nSPS) is 18.2. The number of carbonyl (C=O) groups is 1. The van der Waals surface area contributed by atoms with Crippen LogP contribution in [-0.2, 0) is 4.79 Å². The molecule has 26 heavy (non-hydrogen) atoms. The van der Waals surface area contributed by atoms with Crippen LogP contribution in [0, 0.1) is 0 Å². The van der Waals surface area contributed by atoms with Gasteiger partial charge in [-0.25, -0.2) is 4.99 Å². The minimum atomic E-state index is -0.0760. The van der Waals surface area contributed by atoms with Crippen LogP contribution in [0.2, 0.25) is 0 Å². The lowest BCUT2D eigenvalue weighted by Crippen LogP contribution is -2.31. The van der Waals surface area contributed by atoms with Crippen LogP contribution in [0.15, 0.2) is 89.1 Å². The Balaban J connectivity index is 1.52. The molecule has 0 aliphatic carbocycles. The molecule has 2 aromatic rings. The van der Waals surface area contributed by atoms with Gasteiger partial charge >= 0.3 is 0 Å². The molecule has 0 saturated heterocycles. The van der Waals surface area contributed by atoms with Crippen molar-refractivity contribution in [2.75, 3.05) is 6.54 Å². The van der Waals surface area contributed by atoms with E-state index in [1.165, 1.54) is 0 Å². The first-order chi connectivity index (χ1) is 12.8. The predicted molar refractivity (Wildman–Crippen MR) is 99.9 cm³/mol. The zero-order chi connectivity index (χ0) is 17.5. The van der Waals surface area contributed by atoms with Gasteiger partial charge in [-0.2, -0.15) is 0 Å². The van der Waals surface area contributed by atoms with E-state index >= 15 is 0 Å². The van der Waals surface area contributed by atoms with Crippen molar-refractivity contribution in [1.29, 1.82) is 0 Å². The highest BCUT2D eigenvalue weighted by molar-refractivity contribution is 6.03. The van der Waals surface area contributed by atoms with Crippen molar-refractivity contribution < 1.29 is 4.79 Å². The molecule has 4 heterocycles. The van der Waals surface area contributed by atoms with Crippen LogP contribution in [0.5, 0.6) is 0 Å². The highest BCUT2D eigenvalue weighted by atomic mass is 16.1. The molecular formula is C21H16N4O. The average molecular weight is 340 g/mol. The van der Waals surface area contributed by atoms with Gasteiger partial charge in [0, 0.05) is 54.5 Å². The number of nitrogens with zero attached hydrogens (tertiary/aromatic N) is 3. The Bertz CT molecular complexity index is 1010. The van der Waals surface area contributed by atoms with Crippen molar-refractivity contribution in [3.05, 3.63) is 89.7 Å². The van der Waals surface area contributed by atoms with Crippen molar-refractivity contribution in [3.8, 4) is 11.1 Å². The van der Waals surface area contributed by atoms with Crippen LogP contribution in [-0.4, -0.2) is 28.2 Å². The largest absolute Gasteiger partial charge is 0.324 e. The van der Waals surface area contributed by atoms with Gasteiger partial charge in [-0.1, -0.05) is 24.3 Å². The minimum absolute atomic E-state index is 0.0760. The number of amides is 1.